The molecule has 1 amide bonds. The zero-order chi connectivity index (χ0) is 13.0. The molecule has 1 unspecified atom stereocenters. The van der Waals surface area contributed by atoms with Crippen molar-refractivity contribution < 1.29 is 9.21 Å². The van der Waals surface area contributed by atoms with Gasteiger partial charge in [-0.25, -0.2) is 0 Å². The van der Waals surface area contributed by atoms with Crippen molar-refractivity contribution in [2.24, 2.45) is 5.73 Å². The third-order valence-electron chi connectivity index (χ3n) is 2.67. The number of nitrogens with two attached hydrogens (primary N) is 1. The Kier molecular flexibility index (Phi) is 3.79. The van der Waals surface area contributed by atoms with E-state index in [2.05, 4.69) is 5.32 Å². The van der Waals surface area contributed by atoms with Gasteiger partial charge in [-0.3, -0.25) is 4.79 Å². The summed E-state index contributed by atoms with van der Waals surface area (Å²) in [6, 6.07) is 12.8. The first kappa shape index (κ1) is 12.4. The van der Waals surface area contributed by atoms with Crippen LogP contribution in [0, 0.1) is 6.92 Å². The van der Waals surface area contributed by atoms with Crippen molar-refractivity contribution in [3.05, 3.63) is 59.5 Å². The molecular weight excluding hydrogens is 228 g/mol. The van der Waals surface area contributed by atoms with Gasteiger partial charge in [0, 0.05) is 12.6 Å². The lowest BCUT2D eigenvalue weighted by Gasteiger charge is -2.12. The van der Waals surface area contributed by atoms with Crippen LogP contribution in [0.25, 0.3) is 0 Å². The van der Waals surface area contributed by atoms with E-state index in [1.165, 1.54) is 0 Å². The maximum absolute atomic E-state index is 11.7. The molecule has 0 fully saturated rings. The molecule has 4 nitrogen and oxygen atoms in total. The number of amides is 1. The second-order valence-corrected chi connectivity index (χ2v) is 4.14. The lowest BCUT2D eigenvalue weighted by Crippen LogP contribution is -2.31. The molecule has 1 heterocycles. The van der Waals surface area contributed by atoms with Crippen LogP contribution in [0.1, 0.15) is 27.9 Å². The Bertz CT molecular complexity index is 520. The molecule has 1 atom stereocenters. The lowest BCUT2D eigenvalue weighted by molar-refractivity contribution is 0.0922. The highest BCUT2D eigenvalue weighted by Crippen LogP contribution is 2.09. The van der Waals surface area contributed by atoms with Gasteiger partial charge < -0.3 is 15.5 Å². The molecule has 0 bridgehead atoms. The topological polar surface area (TPSA) is 68.3 Å². The summed E-state index contributed by atoms with van der Waals surface area (Å²) < 4.78 is 5.23. The molecule has 0 aliphatic heterocycles. The number of furan rings is 1. The molecule has 0 aliphatic carbocycles. The first-order valence-electron chi connectivity index (χ1n) is 5.82. The Labute approximate surface area is 106 Å². The predicted molar refractivity (Wildman–Crippen MR) is 69.1 cm³/mol. The van der Waals surface area contributed by atoms with Crippen molar-refractivity contribution in [2.45, 2.75) is 13.0 Å². The van der Waals surface area contributed by atoms with Crippen LogP contribution in [-0.4, -0.2) is 12.5 Å². The average molecular weight is 244 g/mol. The Morgan fingerprint density at radius 2 is 2.00 bits per heavy atom. The molecule has 94 valence electrons. The molecule has 0 saturated carbocycles. The maximum Gasteiger partial charge on any atom is 0.287 e. The largest absolute Gasteiger partial charge is 0.456 e. The van der Waals surface area contributed by atoms with Gasteiger partial charge >= 0.3 is 0 Å². The summed E-state index contributed by atoms with van der Waals surface area (Å²) in [6.45, 7) is 2.18. The average Bonchev–Trinajstić information content (AvgIpc) is 2.83. The number of hydrogen-bond acceptors (Lipinski definition) is 3. The Balaban J connectivity index is 1.90. The van der Waals surface area contributed by atoms with Crippen LogP contribution in [0.2, 0.25) is 0 Å². The molecule has 1 aromatic heterocycles. The van der Waals surface area contributed by atoms with Gasteiger partial charge in [0.2, 0.25) is 0 Å². The van der Waals surface area contributed by atoms with Gasteiger partial charge in [-0.1, -0.05) is 30.3 Å². The fraction of sp³-hybridized carbons (Fsp3) is 0.214. The Morgan fingerprint density at radius 1 is 1.28 bits per heavy atom. The highest BCUT2D eigenvalue weighted by atomic mass is 16.3. The number of rotatable bonds is 4. The van der Waals surface area contributed by atoms with Gasteiger partial charge in [0.15, 0.2) is 5.76 Å². The van der Waals surface area contributed by atoms with Gasteiger partial charge in [-0.2, -0.15) is 0 Å². The lowest BCUT2D eigenvalue weighted by atomic mass is 10.1. The van der Waals surface area contributed by atoms with Gasteiger partial charge in [-0.05, 0) is 24.6 Å². The van der Waals surface area contributed by atoms with Crippen molar-refractivity contribution >= 4 is 5.91 Å². The minimum absolute atomic E-state index is 0.216. The molecule has 2 aromatic rings. The zero-order valence-corrected chi connectivity index (χ0v) is 10.2. The van der Waals surface area contributed by atoms with Crippen LogP contribution in [0.15, 0.2) is 46.9 Å². The molecule has 0 aliphatic rings. The summed E-state index contributed by atoms with van der Waals surface area (Å²) in [5, 5.41) is 2.75. The Hall–Kier alpha value is -2.07. The molecule has 2 rings (SSSR count). The van der Waals surface area contributed by atoms with Crippen LogP contribution in [0.5, 0.6) is 0 Å². The summed E-state index contributed by atoms with van der Waals surface area (Å²) in [4.78, 5) is 11.7. The predicted octanol–water partition coefficient (Wildman–Crippen LogP) is 2.02. The van der Waals surface area contributed by atoms with E-state index >= 15 is 0 Å². The summed E-state index contributed by atoms with van der Waals surface area (Å²) in [5.41, 5.74) is 6.98. The van der Waals surface area contributed by atoms with Gasteiger partial charge in [0.1, 0.15) is 5.76 Å². The number of carbonyl (C=O) groups is 1. The van der Waals surface area contributed by atoms with E-state index < -0.39 is 0 Å². The Morgan fingerprint density at radius 3 is 2.61 bits per heavy atom. The first-order valence-corrected chi connectivity index (χ1v) is 5.82. The number of aryl methyl sites for hydroxylation is 1. The van der Waals surface area contributed by atoms with Crippen LogP contribution in [-0.2, 0) is 0 Å². The second kappa shape index (κ2) is 5.51. The van der Waals surface area contributed by atoms with E-state index in [4.69, 9.17) is 10.2 Å². The van der Waals surface area contributed by atoms with Gasteiger partial charge in [0.25, 0.3) is 5.91 Å². The first-order chi connectivity index (χ1) is 8.66. The number of carbonyl (C=O) groups excluding carboxylic acids is 1. The molecule has 3 N–H and O–H groups in total. The SMILES string of the molecule is Cc1ccc(C(=O)NCC(N)c2ccccc2)o1. The monoisotopic (exact) mass is 244 g/mol. The van der Waals surface area contributed by atoms with E-state index in [9.17, 15) is 4.79 Å². The van der Waals surface area contributed by atoms with E-state index in [1.54, 1.807) is 19.1 Å². The van der Waals surface area contributed by atoms with Crippen LogP contribution in [0.3, 0.4) is 0 Å². The molecule has 1 aromatic carbocycles. The van der Waals surface area contributed by atoms with E-state index in [0.29, 0.717) is 18.1 Å². The normalized spacial score (nSPS) is 12.1. The summed E-state index contributed by atoms with van der Waals surface area (Å²) in [7, 11) is 0. The van der Waals surface area contributed by atoms with E-state index in [0.717, 1.165) is 5.56 Å². The zero-order valence-electron chi connectivity index (χ0n) is 10.2. The van der Waals surface area contributed by atoms with Crippen molar-refractivity contribution in [1.29, 1.82) is 0 Å². The van der Waals surface area contributed by atoms with Crippen LogP contribution >= 0.6 is 0 Å². The fourth-order valence-electron chi connectivity index (χ4n) is 1.66. The number of benzene rings is 1. The summed E-state index contributed by atoms with van der Waals surface area (Å²) >= 11 is 0. The van der Waals surface area contributed by atoms with Crippen molar-refractivity contribution in [1.82, 2.24) is 5.32 Å². The molecular formula is C14H16N2O2. The standard InChI is InChI=1S/C14H16N2O2/c1-10-7-8-13(18-10)14(17)16-9-12(15)11-5-3-2-4-6-11/h2-8,12H,9,15H2,1H3,(H,16,17). The summed E-state index contributed by atoms with van der Waals surface area (Å²) in [5.74, 6) is 0.787. The maximum atomic E-state index is 11.7. The van der Waals surface area contributed by atoms with Crippen molar-refractivity contribution in [3.63, 3.8) is 0 Å². The highest BCUT2D eigenvalue weighted by molar-refractivity contribution is 5.91. The molecule has 0 saturated heterocycles. The minimum atomic E-state index is -0.241. The second-order valence-electron chi connectivity index (χ2n) is 4.14. The third-order valence-corrected chi connectivity index (χ3v) is 2.67. The molecule has 0 spiro atoms. The molecule has 18 heavy (non-hydrogen) atoms. The smallest absolute Gasteiger partial charge is 0.287 e. The minimum Gasteiger partial charge on any atom is -0.456 e. The van der Waals surface area contributed by atoms with Crippen molar-refractivity contribution in [3.8, 4) is 0 Å². The highest BCUT2D eigenvalue weighted by Gasteiger charge is 2.12. The molecule has 0 radical (unpaired) electrons. The quantitative estimate of drug-likeness (QED) is 0.864. The van der Waals surface area contributed by atoms with E-state index in [1.807, 2.05) is 30.3 Å². The van der Waals surface area contributed by atoms with Gasteiger partial charge in [0.05, 0.1) is 0 Å². The van der Waals surface area contributed by atoms with Crippen molar-refractivity contribution in [2.75, 3.05) is 6.54 Å². The van der Waals surface area contributed by atoms with Crippen LogP contribution < -0.4 is 11.1 Å². The fourth-order valence-corrected chi connectivity index (χ4v) is 1.66. The number of hydrogen-bond donors (Lipinski definition) is 2. The summed E-state index contributed by atoms with van der Waals surface area (Å²) in [6.07, 6.45) is 0. The molecule has 4 heteroatoms. The van der Waals surface area contributed by atoms with E-state index in [-0.39, 0.29) is 11.9 Å². The number of nitrogens with one attached hydrogen (secondary N) is 1. The van der Waals surface area contributed by atoms with Gasteiger partial charge in [-0.15, -0.1) is 0 Å². The third kappa shape index (κ3) is 2.99. The van der Waals surface area contributed by atoms with Crippen LogP contribution in [0.4, 0.5) is 0 Å².